The molecule has 0 aliphatic heterocycles. The highest BCUT2D eigenvalue weighted by atomic mass is 15.0. The predicted octanol–water partition coefficient (Wildman–Crippen LogP) is 3.15. The lowest BCUT2D eigenvalue weighted by Gasteiger charge is -2.09. The highest BCUT2D eigenvalue weighted by molar-refractivity contribution is 5.89. The first-order valence-electron chi connectivity index (χ1n) is 5.27. The molecule has 0 unspecified atom stereocenters. The van der Waals surface area contributed by atoms with Crippen LogP contribution in [0.2, 0.25) is 0 Å². The zero-order valence-corrected chi connectivity index (χ0v) is 10.3. The van der Waals surface area contributed by atoms with Gasteiger partial charge in [-0.15, -0.1) is 0 Å². The van der Waals surface area contributed by atoms with Crippen LogP contribution in [0, 0.1) is 0 Å². The molecule has 0 saturated heterocycles. The van der Waals surface area contributed by atoms with Gasteiger partial charge in [-0.3, -0.25) is 4.98 Å². The van der Waals surface area contributed by atoms with Crippen molar-refractivity contribution in [2.75, 3.05) is 0 Å². The summed E-state index contributed by atoms with van der Waals surface area (Å²) >= 11 is 0. The smallest absolute Gasteiger partial charge is 0.103 e. The molecule has 0 aliphatic rings. The van der Waals surface area contributed by atoms with Crippen LogP contribution in [0.5, 0.6) is 0 Å². The Morgan fingerprint density at radius 2 is 2.00 bits per heavy atom. The topological polar surface area (TPSA) is 37.3 Å². The van der Waals surface area contributed by atoms with E-state index in [9.17, 15) is 0 Å². The predicted molar refractivity (Wildman–Crippen MR) is 73.5 cm³/mol. The van der Waals surface area contributed by atoms with Crippen molar-refractivity contribution in [3.8, 4) is 0 Å². The van der Waals surface area contributed by atoms with Crippen LogP contribution in [0.1, 0.15) is 19.4 Å². The van der Waals surface area contributed by atoms with E-state index < -0.39 is 0 Å². The molecule has 1 aromatic heterocycles. The SMILES string of the molecule is C=C(C)C(=C)N=C(C)NC(=C)c1cccnc1. The Labute approximate surface area is 102 Å². The zero-order chi connectivity index (χ0) is 12.8. The summed E-state index contributed by atoms with van der Waals surface area (Å²) in [5.74, 6) is 0.729. The van der Waals surface area contributed by atoms with E-state index >= 15 is 0 Å². The molecule has 0 aliphatic carbocycles. The molecule has 0 atom stereocenters. The summed E-state index contributed by atoms with van der Waals surface area (Å²) in [6.07, 6.45) is 3.47. The van der Waals surface area contributed by atoms with E-state index in [0.717, 1.165) is 22.7 Å². The quantitative estimate of drug-likeness (QED) is 0.487. The van der Waals surface area contributed by atoms with Gasteiger partial charge in [0.25, 0.3) is 0 Å². The third kappa shape index (κ3) is 4.07. The molecule has 3 nitrogen and oxygen atoms in total. The molecule has 0 saturated carbocycles. The van der Waals surface area contributed by atoms with E-state index in [1.807, 2.05) is 26.0 Å². The third-order valence-electron chi connectivity index (χ3n) is 2.14. The number of hydrogen-bond acceptors (Lipinski definition) is 2. The van der Waals surface area contributed by atoms with Crippen LogP contribution >= 0.6 is 0 Å². The average molecular weight is 227 g/mol. The van der Waals surface area contributed by atoms with Crippen LogP contribution in [0.15, 0.2) is 60.5 Å². The lowest BCUT2D eigenvalue weighted by molar-refractivity contribution is 1.20. The Balaban J connectivity index is 2.70. The molecule has 17 heavy (non-hydrogen) atoms. The summed E-state index contributed by atoms with van der Waals surface area (Å²) in [6.45, 7) is 15.2. The number of allylic oxidation sites excluding steroid dienone is 1. The van der Waals surface area contributed by atoms with Gasteiger partial charge in [0.15, 0.2) is 0 Å². The van der Waals surface area contributed by atoms with Crippen LogP contribution in [0.4, 0.5) is 0 Å². The van der Waals surface area contributed by atoms with Gasteiger partial charge in [-0.1, -0.05) is 19.7 Å². The van der Waals surface area contributed by atoms with Gasteiger partial charge in [0, 0.05) is 23.7 Å². The second-order valence-corrected chi connectivity index (χ2v) is 3.77. The number of hydrogen-bond donors (Lipinski definition) is 1. The summed E-state index contributed by atoms with van der Waals surface area (Å²) in [5.41, 5.74) is 3.20. The minimum atomic E-state index is 0.661. The van der Waals surface area contributed by atoms with E-state index in [2.05, 4.69) is 35.0 Å². The number of pyridine rings is 1. The summed E-state index contributed by atoms with van der Waals surface area (Å²) in [6, 6.07) is 3.80. The first-order valence-corrected chi connectivity index (χ1v) is 5.27. The van der Waals surface area contributed by atoms with Crippen molar-refractivity contribution in [3.63, 3.8) is 0 Å². The fourth-order valence-corrected chi connectivity index (χ4v) is 1.16. The average Bonchev–Trinajstić information content (AvgIpc) is 2.29. The summed E-state index contributed by atoms with van der Waals surface area (Å²) in [7, 11) is 0. The Bertz CT molecular complexity index is 470. The Morgan fingerprint density at radius 1 is 1.29 bits per heavy atom. The van der Waals surface area contributed by atoms with Gasteiger partial charge in [0.1, 0.15) is 5.84 Å². The van der Waals surface area contributed by atoms with Gasteiger partial charge >= 0.3 is 0 Å². The third-order valence-corrected chi connectivity index (χ3v) is 2.14. The molecule has 0 spiro atoms. The zero-order valence-electron chi connectivity index (χ0n) is 10.3. The first kappa shape index (κ1) is 12.9. The molecule has 0 bridgehead atoms. The minimum absolute atomic E-state index is 0.661. The summed E-state index contributed by atoms with van der Waals surface area (Å²) in [5, 5.41) is 3.10. The molecule has 1 aromatic rings. The second-order valence-electron chi connectivity index (χ2n) is 3.77. The van der Waals surface area contributed by atoms with Crippen LogP contribution in [0.3, 0.4) is 0 Å². The fourth-order valence-electron chi connectivity index (χ4n) is 1.16. The maximum absolute atomic E-state index is 4.27. The minimum Gasteiger partial charge on any atom is -0.344 e. The molecule has 0 aromatic carbocycles. The van der Waals surface area contributed by atoms with Crippen LogP contribution < -0.4 is 5.32 Å². The van der Waals surface area contributed by atoms with Gasteiger partial charge in [-0.05, 0) is 31.6 Å². The van der Waals surface area contributed by atoms with Crippen molar-refractivity contribution in [2.45, 2.75) is 13.8 Å². The summed E-state index contributed by atoms with van der Waals surface area (Å²) < 4.78 is 0. The van der Waals surface area contributed by atoms with E-state index in [1.165, 1.54) is 0 Å². The molecule has 0 amide bonds. The molecule has 1 N–H and O–H groups in total. The van der Waals surface area contributed by atoms with E-state index in [-0.39, 0.29) is 0 Å². The van der Waals surface area contributed by atoms with E-state index in [4.69, 9.17) is 0 Å². The number of nitrogens with one attached hydrogen (secondary N) is 1. The van der Waals surface area contributed by atoms with Gasteiger partial charge in [0.2, 0.25) is 0 Å². The van der Waals surface area contributed by atoms with E-state index in [0.29, 0.717) is 5.70 Å². The highest BCUT2D eigenvalue weighted by Crippen LogP contribution is 2.08. The molecular formula is C14H17N3. The highest BCUT2D eigenvalue weighted by Gasteiger charge is 2.00. The number of amidine groups is 1. The maximum Gasteiger partial charge on any atom is 0.103 e. The van der Waals surface area contributed by atoms with Gasteiger partial charge < -0.3 is 5.32 Å². The fraction of sp³-hybridized carbons (Fsp3) is 0.143. The number of aromatic nitrogens is 1. The maximum atomic E-state index is 4.27. The summed E-state index contributed by atoms with van der Waals surface area (Å²) in [4.78, 5) is 8.30. The molecule has 3 heteroatoms. The van der Waals surface area contributed by atoms with Crippen LogP contribution in [-0.4, -0.2) is 10.8 Å². The number of rotatable bonds is 4. The number of aliphatic imine (C=N–C) groups is 1. The van der Waals surface area contributed by atoms with Crippen molar-refractivity contribution in [1.29, 1.82) is 0 Å². The van der Waals surface area contributed by atoms with Crippen molar-refractivity contribution < 1.29 is 0 Å². The monoisotopic (exact) mass is 227 g/mol. The molecule has 0 radical (unpaired) electrons. The Morgan fingerprint density at radius 3 is 2.53 bits per heavy atom. The second kappa shape index (κ2) is 5.80. The first-order chi connectivity index (χ1) is 8.00. The van der Waals surface area contributed by atoms with Gasteiger partial charge in [0.05, 0.1) is 5.70 Å². The van der Waals surface area contributed by atoms with Crippen molar-refractivity contribution in [1.82, 2.24) is 10.3 Å². The van der Waals surface area contributed by atoms with Gasteiger partial charge in [-0.25, -0.2) is 4.99 Å². The largest absolute Gasteiger partial charge is 0.344 e. The molecular weight excluding hydrogens is 210 g/mol. The normalized spacial score (nSPS) is 10.8. The van der Waals surface area contributed by atoms with Crippen molar-refractivity contribution in [2.24, 2.45) is 4.99 Å². The molecule has 0 fully saturated rings. The van der Waals surface area contributed by atoms with Crippen molar-refractivity contribution in [3.05, 3.63) is 61.1 Å². The van der Waals surface area contributed by atoms with E-state index in [1.54, 1.807) is 12.4 Å². The molecule has 88 valence electrons. The van der Waals surface area contributed by atoms with Crippen LogP contribution in [0.25, 0.3) is 5.70 Å². The van der Waals surface area contributed by atoms with Gasteiger partial charge in [-0.2, -0.15) is 0 Å². The molecule has 1 heterocycles. The Hall–Kier alpha value is -2.16. The lowest BCUT2D eigenvalue weighted by atomic mass is 10.2. The number of nitrogens with zero attached hydrogens (tertiary/aromatic N) is 2. The molecule has 1 rings (SSSR count). The van der Waals surface area contributed by atoms with Crippen molar-refractivity contribution >= 4 is 11.5 Å². The van der Waals surface area contributed by atoms with Crippen LogP contribution in [-0.2, 0) is 0 Å². The standard InChI is InChI=1S/C14H17N3/c1-10(2)11(3)16-13(5)17-12(4)14-7-6-8-15-9-14/h6-9H,1,3-4H2,2,5H3,(H,16,17). The Kier molecular flexibility index (Phi) is 4.40. The lowest BCUT2D eigenvalue weighted by Crippen LogP contribution is -2.18.